The maximum atomic E-state index is 12.2. The fourth-order valence-electron chi connectivity index (χ4n) is 2.39. The van der Waals surface area contributed by atoms with Crippen LogP contribution in [0, 0.1) is 5.92 Å². The number of rotatable bonds is 6. The summed E-state index contributed by atoms with van der Waals surface area (Å²) >= 11 is 0. The van der Waals surface area contributed by atoms with Crippen LogP contribution < -0.4 is 0 Å². The molecule has 1 fully saturated rings. The van der Waals surface area contributed by atoms with Gasteiger partial charge in [0, 0.05) is 19.3 Å². The van der Waals surface area contributed by atoms with Crippen molar-refractivity contribution in [2.24, 2.45) is 5.92 Å². The van der Waals surface area contributed by atoms with Crippen molar-refractivity contribution in [1.82, 2.24) is 9.47 Å². The van der Waals surface area contributed by atoms with Crippen LogP contribution in [0.5, 0.6) is 0 Å². The van der Waals surface area contributed by atoms with Crippen molar-refractivity contribution in [3.8, 4) is 0 Å². The molecule has 0 spiro atoms. The molecule has 0 saturated heterocycles. The van der Waals surface area contributed by atoms with Gasteiger partial charge in [0.05, 0.1) is 0 Å². The van der Waals surface area contributed by atoms with E-state index in [1.54, 1.807) is 12.3 Å². The van der Waals surface area contributed by atoms with Gasteiger partial charge in [0.2, 0.25) is 5.91 Å². The minimum absolute atomic E-state index is 0.00639. The van der Waals surface area contributed by atoms with Gasteiger partial charge in [-0.05, 0) is 37.8 Å². The normalized spacial score (nSPS) is 15.0. The molecule has 0 atom stereocenters. The molecule has 104 valence electrons. The van der Waals surface area contributed by atoms with Crippen molar-refractivity contribution in [1.29, 1.82) is 0 Å². The average molecular weight is 264 g/mol. The molecule has 1 aromatic rings. The summed E-state index contributed by atoms with van der Waals surface area (Å²) in [4.78, 5) is 25.0. The lowest BCUT2D eigenvalue weighted by molar-refractivity contribution is -0.132. The second kappa shape index (κ2) is 5.91. The summed E-state index contributed by atoms with van der Waals surface area (Å²) in [6.07, 6.45) is 5.30. The highest BCUT2D eigenvalue weighted by Crippen LogP contribution is 2.27. The minimum Gasteiger partial charge on any atom is -0.477 e. The zero-order valence-corrected chi connectivity index (χ0v) is 11.2. The molecule has 0 unspecified atom stereocenters. The Balaban J connectivity index is 1.97. The molecule has 0 bridgehead atoms. The minimum atomic E-state index is -1.00. The van der Waals surface area contributed by atoms with Gasteiger partial charge in [0.25, 0.3) is 0 Å². The van der Waals surface area contributed by atoms with Crippen molar-refractivity contribution < 1.29 is 14.7 Å². The van der Waals surface area contributed by atoms with Crippen LogP contribution in [0.25, 0.3) is 0 Å². The summed E-state index contributed by atoms with van der Waals surface area (Å²) in [5, 5.41) is 9.01. The van der Waals surface area contributed by atoms with Crippen LogP contribution >= 0.6 is 0 Å². The van der Waals surface area contributed by atoms with Crippen LogP contribution in [0.15, 0.2) is 18.3 Å². The van der Waals surface area contributed by atoms with Gasteiger partial charge < -0.3 is 14.6 Å². The second-order valence-corrected chi connectivity index (χ2v) is 5.06. The van der Waals surface area contributed by atoms with E-state index in [9.17, 15) is 9.59 Å². The molecule has 1 aromatic heterocycles. The van der Waals surface area contributed by atoms with Crippen molar-refractivity contribution in [3.05, 3.63) is 24.0 Å². The Labute approximate surface area is 112 Å². The van der Waals surface area contributed by atoms with Crippen molar-refractivity contribution in [2.45, 2.75) is 32.7 Å². The summed E-state index contributed by atoms with van der Waals surface area (Å²) in [6, 6.07) is 3.16. The first-order valence-electron chi connectivity index (χ1n) is 6.78. The molecular weight excluding hydrogens is 244 g/mol. The van der Waals surface area contributed by atoms with Crippen molar-refractivity contribution in [2.75, 3.05) is 13.1 Å². The largest absolute Gasteiger partial charge is 0.477 e. The lowest BCUT2D eigenvalue weighted by Crippen LogP contribution is -2.39. The molecule has 0 aliphatic heterocycles. The van der Waals surface area contributed by atoms with Crippen molar-refractivity contribution in [3.63, 3.8) is 0 Å². The fourth-order valence-corrected chi connectivity index (χ4v) is 2.39. The number of hydrogen-bond acceptors (Lipinski definition) is 2. The first-order valence-corrected chi connectivity index (χ1v) is 6.78. The van der Waals surface area contributed by atoms with E-state index in [1.165, 1.54) is 29.9 Å². The molecule has 0 radical (unpaired) electrons. The summed E-state index contributed by atoms with van der Waals surface area (Å²) in [7, 11) is 0. The highest BCUT2D eigenvalue weighted by molar-refractivity contribution is 5.86. The number of aromatic carboxylic acids is 1. The zero-order valence-electron chi connectivity index (χ0n) is 11.2. The molecule has 1 aliphatic carbocycles. The summed E-state index contributed by atoms with van der Waals surface area (Å²) in [6.45, 7) is 3.55. The Hall–Kier alpha value is -1.78. The Morgan fingerprint density at radius 3 is 2.74 bits per heavy atom. The van der Waals surface area contributed by atoms with E-state index in [4.69, 9.17) is 5.11 Å². The lowest BCUT2D eigenvalue weighted by Gasteiger charge is -2.32. The average Bonchev–Trinajstić information content (AvgIpc) is 2.75. The Morgan fingerprint density at radius 2 is 2.21 bits per heavy atom. The number of carboxylic acids is 1. The number of hydrogen-bond donors (Lipinski definition) is 1. The van der Waals surface area contributed by atoms with E-state index in [1.807, 2.05) is 11.8 Å². The lowest BCUT2D eigenvalue weighted by atomic mass is 9.85. The van der Waals surface area contributed by atoms with Gasteiger partial charge in [-0.1, -0.05) is 6.42 Å². The quantitative estimate of drug-likeness (QED) is 0.852. The number of amides is 1. The fraction of sp³-hybridized carbons (Fsp3) is 0.571. The number of nitrogens with zero attached hydrogens (tertiary/aromatic N) is 2. The van der Waals surface area contributed by atoms with Crippen LogP contribution in [-0.4, -0.2) is 39.5 Å². The predicted molar refractivity (Wildman–Crippen MR) is 71.0 cm³/mol. The molecule has 1 saturated carbocycles. The van der Waals surface area contributed by atoms with Crippen LogP contribution in [0.4, 0.5) is 0 Å². The summed E-state index contributed by atoms with van der Waals surface area (Å²) < 4.78 is 1.49. The van der Waals surface area contributed by atoms with Gasteiger partial charge in [0.15, 0.2) is 0 Å². The SMILES string of the molecule is CCN(CC1CCC1)C(=O)Cn1cccc1C(=O)O. The first kappa shape index (κ1) is 13.6. The maximum absolute atomic E-state index is 12.2. The number of aromatic nitrogens is 1. The van der Waals surface area contributed by atoms with E-state index in [2.05, 4.69) is 0 Å². The van der Waals surface area contributed by atoms with Crippen molar-refractivity contribution >= 4 is 11.9 Å². The summed E-state index contributed by atoms with van der Waals surface area (Å²) in [5.74, 6) is -0.375. The van der Waals surface area contributed by atoms with Gasteiger partial charge >= 0.3 is 5.97 Å². The first-order chi connectivity index (χ1) is 9.11. The molecule has 1 aliphatic rings. The van der Waals surface area contributed by atoms with Gasteiger partial charge in [-0.25, -0.2) is 4.79 Å². The molecule has 2 rings (SSSR count). The molecule has 5 heteroatoms. The zero-order chi connectivity index (χ0) is 13.8. The molecule has 0 aromatic carbocycles. The van der Waals surface area contributed by atoms with Gasteiger partial charge in [-0.15, -0.1) is 0 Å². The van der Waals surface area contributed by atoms with Gasteiger partial charge in [-0.2, -0.15) is 0 Å². The van der Waals surface area contributed by atoms with Gasteiger partial charge in [0.1, 0.15) is 12.2 Å². The highest BCUT2D eigenvalue weighted by Gasteiger charge is 2.23. The van der Waals surface area contributed by atoms with Crippen LogP contribution in [0.3, 0.4) is 0 Å². The Bertz CT molecular complexity index is 463. The predicted octanol–water partition coefficient (Wildman–Crippen LogP) is 1.83. The standard InChI is InChI=1S/C14H20N2O3/c1-2-15(9-11-5-3-6-11)13(17)10-16-8-4-7-12(16)14(18)19/h4,7-8,11H,2-3,5-6,9-10H2,1H3,(H,18,19). The smallest absolute Gasteiger partial charge is 0.352 e. The maximum Gasteiger partial charge on any atom is 0.352 e. The second-order valence-electron chi connectivity index (χ2n) is 5.06. The van der Waals surface area contributed by atoms with E-state index >= 15 is 0 Å². The van der Waals surface area contributed by atoms with E-state index in [0.717, 1.165) is 6.54 Å². The third-order valence-electron chi connectivity index (χ3n) is 3.79. The van der Waals surface area contributed by atoms with E-state index in [-0.39, 0.29) is 18.1 Å². The molecular formula is C14H20N2O3. The Kier molecular flexibility index (Phi) is 4.24. The van der Waals surface area contributed by atoms with E-state index in [0.29, 0.717) is 12.5 Å². The van der Waals surface area contributed by atoms with Crippen LogP contribution in [-0.2, 0) is 11.3 Å². The molecule has 19 heavy (non-hydrogen) atoms. The monoisotopic (exact) mass is 264 g/mol. The third-order valence-corrected chi connectivity index (χ3v) is 3.79. The molecule has 5 nitrogen and oxygen atoms in total. The number of carboxylic acid groups (broad SMARTS) is 1. The van der Waals surface area contributed by atoms with E-state index < -0.39 is 5.97 Å². The van der Waals surface area contributed by atoms with Crippen LogP contribution in [0.2, 0.25) is 0 Å². The van der Waals surface area contributed by atoms with Gasteiger partial charge in [-0.3, -0.25) is 4.79 Å². The number of carbonyl (C=O) groups excluding carboxylic acids is 1. The summed E-state index contributed by atoms with van der Waals surface area (Å²) in [5.41, 5.74) is 0.160. The Morgan fingerprint density at radius 1 is 1.47 bits per heavy atom. The molecule has 1 N–H and O–H groups in total. The highest BCUT2D eigenvalue weighted by atomic mass is 16.4. The third kappa shape index (κ3) is 3.16. The number of carbonyl (C=O) groups is 2. The number of likely N-dealkylation sites (N-methyl/N-ethyl adjacent to an activating group) is 1. The topological polar surface area (TPSA) is 62.5 Å². The molecule has 1 heterocycles. The molecule has 1 amide bonds. The van der Waals surface area contributed by atoms with Crippen LogP contribution in [0.1, 0.15) is 36.7 Å².